The number of carbonyl (C=O) groups is 3. The van der Waals surface area contributed by atoms with Gasteiger partial charge in [-0.1, -0.05) is 241 Å². The van der Waals surface area contributed by atoms with Crippen molar-refractivity contribution in [2.45, 2.75) is 271 Å². The zero-order chi connectivity index (χ0) is 48.6. The summed E-state index contributed by atoms with van der Waals surface area (Å²) in [5, 5.41) is 0. The second-order valence-electron chi connectivity index (χ2n) is 18.4. The molecule has 0 aliphatic carbocycles. The maximum atomic E-state index is 12.8. The van der Waals surface area contributed by atoms with Crippen LogP contribution in [-0.2, 0) is 28.6 Å². The van der Waals surface area contributed by atoms with Crippen LogP contribution in [0.15, 0.2) is 85.1 Å². The van der Waals surface area contributed by atoms with Crippen LogP contribution in [0.3, 0.4) is 0 Å². The van der Waals surface area contributed by atoms with E-state index in [2.05, 4.69) is 106 Å². The molecule has 0 saturated carbocycles. The molecule has 0 radical (unpaired) electrons. The van der Waals surface area contributed by atoms with Crippen LogP contribution in [0.1, 0.15) is 265 Å². The van der Waals surface area contributed by atoms with Crippen molar-refractivity contribution in [2.24, 2.45) is 0 Å². The van der Waals surface area contributed by atoms with Crippen molar-refractivity contribution in [2.75, 3.05) is 13.2 Å². The molecule has 0 rings (SSSR count). The fourth-order valence-corrected chi connectivity index (χ4v) is 7.74. The van der Waals surface area contributed by atoms with E-state index in [0.717, 1.165) is 122 Å². The molecule has 0 bridgehead atoms. The highest BCUT2D eigenvalue weighted by Gasteiger charge is 2.19. The Morgan fingerprint density at radius 2 is 0.582 bits per heavy atom. The summed E-state index contributed by atoms with van der Waals surface area (Å²) in [6.45, 7) is 6.38. The molecular weight excluding hydrogens is 829 g/mol. The lowest BCUT2D eigenvalue weighted by Crippen LogP contribution is -2.30. The second kappa shape index (κ2) is 55.2. The van der Waals surface area contributed by atoms with Crippen LogP contribution in [0.2, 0.25) is 0 Å². The van der Waals surface area contributed by atoms with Gasteiger partial charge in [-0.2, -0.15) is 0 Å². The highest BCUT2D eigenvalue weighted by molar-refractivity contribution is 5.71. The summed E-state index contributed by atoms with van der Waals surface area (Å²) in [5.41, 5.74) is 0. The van der Waals surface area contributed by atoms with E-state index in [4.69, 9.17) is 14.2 Å². The summed E-state index contributed by atoms with van der Waals surface area (Å²) < 4.78 is 16.8. The van der Waals surface area contributed by atoms with Gasteiger partial charge < -0.3 is 14.2 Å². The van der Waals surface area contributed by atoms with Crippen LogP contribution in [0.5, 0.6) is 0 Å². The van der Waals surface area contributed by atoms with Gasteiger partial charge in [-0.25, -0.2) is 0 Å². The van der Waals surface area contributed by atoms with Crippen molar-refractivity contribution in [3.8, 4) is 0 Å². The van der Waals surface area contributed by atoms with Crippen molar-refractivity contribution < 1.29 is 28.6 Å². The van der Waals surface area contributed by atoms with E-state index in [-0.39, 0.29) is 37.5 Å². The molecule has 0 N–H and O–H groups in total. The summed E-state index contributed by atoms with van der Waals surface area (Å²) in [5.74, 6) is -0.944. The molecule has 6 heteroatoms. The maximum absolute atomic E-state index is 12.8. The average Bonchev–Trinajstić information content (AvgIpc) is 3.33. The first-order valence-electron chi connectivity index (χ1n) is 28.1. The summed E-state index contributed by atoms with van der Waals surface area (Å²) in [6, 6.07) is 0. The standard InChI is InChI=1S/C61H104O6/c1-4-7-10-13-16-19-22-25-28-30-31-32-34-36-39-42-45-48-51-54-60(63)66-57-58(56-65-59(62)53-50-47-44-41-38-35-27-24-21-18-15-12-9-6-3)67-61(64)55-52-49-46-43-40-37-33-29-26-23-20-17-14-11-8-5-2/h8-9,11-12,17-18,20-21,26-27,29,35,37,40,58H,4-7,10,13-16,19,22-25,28,30-34,36,38-39,41-57H2,1-3H3/b11-8-,12-9-,20-17-,21-18-,29-26-,35-27-,40-37-. The molecule has 0 aliphatic rings. The first kappa shape index (κ1) is 63.6. The Kier molecular flexibility index (Phi) is 52.4. The van der Waals surface area contributed by atoms with Gasteiger partial charge in [0.15, 0.2) is 6.10 Å². The molecule has 0 amide bonds. The Bertz CT molecular complexity index is 1300. The first-order valence-corrected chi connectivity index (χ1v) is 28.1. The topological polar surface area (TPSA) is 78.9 Å². The van der Waals surface area contributed by atoms with E-state index in [1.807, 2.05) is 0 Å². The Morgan fingerprint density at radius 1 is 0.313 bits per heavy atom. The number of carbonyl (C=O) groups excluding carboxylic acids is 3. The van der Waals surface area contributed by atoms with E-state index < -0.39 is 6.10 Å². The predicted octanol–water partition coefficient (Wildman–Crippen LogP) is 18.8. The van der Waals surface area contributed by atoms with Gasteiger partial charge in [0.25, 0.3) is 0 Å². The van der Waals surface area contributed by atoms with Crippen molar-refractivity contribution in [3.63, 3.8) is 0 Å². The smallest absolute Gasteiger partial charge is 0.306 e. The van der Waals surface area contributed by atoms with Crippen molar-refractivity contribution in [1.82, 2.24) is 0 Å². The molecule has 6 nitrogen and oxygen atoms in total. The van der Waals surface area contributed by atoms with Crippen LogP contribution in [0.25, 0.3) is 0 Å². The highest BCUT2D eigenvalue weighted by atomic mass is 16.6. The van der Waals surface area contributed by atoms with Crippen molar-refractivity contribution in [3.05, 3.63) is 85.1 Å². The summed E-state index contributed by atoms with van der Waals surface area (Å²) in [6.07, 6.45) is 71.5. The van der Waals surface area contributed by atoms with Crippen LogP contribution in [-0.4, -0.2) is 37.2 Å². The van der Waals surface area contributed by atoms with Gasteiger partial charge in [-0.15, -0.1) is 0 Å². The Balaban J connectivity index is 4.42. The van der Waals surface area contributed by atoms with Crippen LogP contribution in [0, 0.1) is 0 Å². The number of hydrogen-bond donors (Lipinski definition) is 0. The monoisotopic (exact) mass is 933 g/mol. The Labute approximate surface area is 414 Å². The molecule has 0 heterocycles. The van der Waals surface area contributed by atoms with E-state index >= 15 is 0 Å². The third-order valence-corrected chi connectivity index (χ3v) is 11.9. The van der Waals surface area contributed by atoms with Gasteiger partial charge in [0, 0.05) is 19.3 Å². The number of unbranched alkanes of at least 4 members (excludes halogenated alkanes) is 25. The van der Waals surface area contributed by atoms with Crippen LogP contribution >= 0.6 is 0 Å². The molecular formula is C61H104O6. The quantitative estimate of drug-likeness (QED) is 0.0262. The number of rotatable bonds is 50. The van der Waals surface area contributed by atoms with Gasteiger partial charge in [-0.3, -0.25) is 14.4 Å². The molecule has 1 unspecified atom stereocenters. The van der Waals surface area contributed by atoms with Gasteiger partial charge in [-0.05, 0) is 89.9 Å². The van der Waals surface area contributed by atoms with Gasteiger partial charge >= 0.3 is 17.9 Å². The Hall–Kier alpha value is -3.41. The number of ether oxygens (including phenoxy) is 3. The molecule has 1 atom stereocenters. The molecule has 0 spiro atoms. The summed E-state index contributed by atoms with van der Waals surface area (Å²) in [4.78, 5) is 38.1. The van der Waals surface area contributed by atoms with Crippen LogP contribution < -0.4 is 0 Å². The minimum Gasteiger partial charge on any atom is -0.462 e. The summed E-state index contributed by atoms with van der Waals surface area (Å²) >= 11 is 0. The normalized spacial score (nSPS) is 12.7. The fraction of sp³-hybridized carbons (Fsp3) is 0.721. The van der Waals surface area contributed by atoms with E-state index in [1.165, 1.54) is 103 Å². The van der Waals surface area contributed by atoms with Gasteiger partial charge in [0.2, 0.25) is 0 Å². The SMILES string of the molecule is CC/C=C\C/C=C\C/C=C\C/C=C\CCCCCC(=O)OC(COC(=O)CCCCCC/C=C\C/C=C\C/C=C\CC)COC(=O)CCCCCCCCCCCCCCCCCCCCC. The molecule has 384 valence electrons. The minimum atomic E-state index is -0.802. The van der Waals surface area contributed by atoms with Crippen molar-refractivity contribution >= 4 is 17.9 Å². The predicted molar refractivity (Wildman–Crippen MR) is 288 cm³/mol. The van der Waals surface area contributed by atoms with Gasteiger partial charge in [0.05, 0.1) is 0 Å². The number of esters is 3. The molecule has 0 fully saturated rings. The minimum absolute atomic E-state index is 0.0952. The second-order valence-corrected chi connectivity index (χ2v) is 18.4. The zero-order valence-electron chi connectivity index (χ0n) is 43.9. The van der Waals surface area contributed by atoms with E-state index in [0.29, 0.717) is 12.8 Å². The largest absolute Gasteiger partial charge is 0.462 e. The third-order valence-electron chi connectivity index (χ3n) is 11.9. The van der Waals surface area contributed by atoms with E-state index in [9.17, 15) is 14.4 Å². The Morgan fingerprint density at radius 3 is 0.925 bits per heavy atom. The van der Waals surface area contributed by atoms with Crippen LogP contribution in [0.4, 0.5) is 0 Å². The highest BCUT2D eigenvalue weighted by Crippen LogP contribution is 2.16. The molecule has 0 aromatic heterocycles. The van der Waals surface area contributed by atoms with Crippen molar-refractivity contribution in [1.29, 1.82) is 0 Å². The zero-order valence-corrected chi connectivity index (χ0v) is 43.9. The fourth-order valence-electron chi connectivity index (χ4n) is 7.74. The molecule has 0 aliphatic heterocycles. The number of hydrogen-bond acceptors (Lipinski definition) is 6. The molecule has 0 aromatic carbocycles. The molecule has 67 heavy (non-hydrogen) atoms. The molecule has 0 saturated heterocycles. The average molecular weight is 933 g/mol. The lowest BCUT2D eigenvalue weighted by atomic mass is 10.0. The molecule has 0 aromatic rings. The van der Waals surface area contributed by atoms with Gasteiger partial charge in [0.1, 0.15) is 13.2 Å². The van der Waals surface area contributed by atoms with E-state index in [1.54, 1.807) is 0 Å². The first-order chi connectivity index (χ1) is 33.0. The third kappa shape index (κ3) is 53.4. The number of allylic oxidation sites excluding steroid dienone is 14. The summed E-state index contributed by atoms with van der Waals surface area (Å²) in [7, 11) is 0. The lowest BCUT2D eigenvalue weighted by molar-refractivity contribution is -0.167. The maximum Gasteiger partial charge on any atom is 0.306 e. The lowest BCUT2D eigenvalue weighted by Gasteiger charge is -2.18.